The Kier molecular flexibility index (Phi) is 8.01. The Labute approximate surface area is 102 Å². The molecule has 0 aromatic carbocycles. The molecule has 1 amide bonds. The quantitative estimate of drug-likeness (QED) is 0.599. The van der Waals surface area contributed by atoms with Gasteiger partial charge < -0.3 is 15.2 Å². The van der Waals surface area contributed by atoms with Crippen molar-refractivity contribution >= 4 is 17.7 Å². The van der Waals surface area contributed by atoms with Gasteiger partial charge in [0.05, 0.1) is 5.92 Å². The molecular weight excluding hydrogens is 222 g/mol. The van der Waals surface area contributed by atoms with Crippen LogP contribution in [0, 0.1) is 5.92 Å². The number of nitrogens with one attached hydrogen (secondary N) is 1. The molecule has 0 aliphatic carbocycles. The Morgan fingerprint density at radius 1 is 1.18 bits per heavy atom. The highest BCUT2D eigenvalue weighted by molar-refractivity contribution is 5.81. The molecular formula is C12H21NO4. The second-order valence-corrected chi connectivity index (χ2v) is 4.31. The van der Waals surface area contributed by atoms with Crippen LogP contribution in [0.15, 0.2) is 0 Å². The zero-order chi connectivity index (χ0) is 13.3. The number of rotatable bonds is 9. The van der Waals surface area contributed by atoms with Crippen molar-refractivity contribution in [1.82, 2.24) is 5.32 Å². The summed E-state index contributed by atoms with van der Waals surface area (Å²) in [6.07, 6.45) is 3.17. The van der Waals surface area contributed by atoms with E-state index >= 15 is 0 Å². The van der Waals surface area contributed by atoms with Gasteiger partial charge in [0.2, 0.25) is 5.91 Å². The predicted octanol–water partition coefficient (Wildman–Crippen LogP) is 1.36. The maximum Gasteiger partial charge on any atom is 0.306 e. The molecule has 0 aromatic heterocycles. The Balaban J connectivity index is 3.45. The van der Waals surface area contributed by atoms with E-state index in [0.717, 1.165) is 19.3 Å². The SMILES string of the molecule is CC(=O)CCCCCNC(=O)CC(C)C(=O)O. The molecule has 98 valence electrons. The van der Waals surface area contributed by atoms with Crippen LogP contribution in [0.1, 0.15) is 46.0 Å². The summed E-state index contributed by atoms with van der Waals surface area (Å²) >= 11 is 0. The number of carboxylic acid groups (broad SMARTS) is 1. The summed E-state index contributed by atoms with van der Waals surface area (Å²) < 4.78 is 0. The number of carboxylic acids is 1. The third-order valence-electron chi connectivity index (χ3n) is 2.44. The standard InChI is InChI=1S/C12H21NO4/c1-9(12(16)17)8-11(15)13-7-5-3-4-6-10(2)14/h9H,3-8H2,1-2H3,(H,13,15)(H,16,17). The van der Waals surface area contributed by atoms with E-state index < -0.39 is 11.9 Å². The van der Waals surface area contributed by atoms with Gasteiger partial charge in [-0.3, -0.25) is 9.59 Å². The van der Waals surface area contributed by atoms with Crippen LogP contribution in [0.4, 0.5) is 0 Å². The van der Waals surface area contributed by atoms with Gasteiger partial charge in [0.25, 0.3) is 0 Å². The van der Waals surface area contributed by atoms with Crippen molar-refractivity contribution < 1.29 is 19.5 Å². The second kappa shape index (κ2) is 8.73. The lowest BCUT2D eigenvalue weighted by Crippen LogP contribution is -2.28. The van der Waals surface area contributed by atoms with Gasteiger partial charge in [-0.15, -0.1) is 0 Å². The number of unbranched alkanes of at least 4 members (excludes halogenated alkanes) is 2. The monoisotopic (exact) mass is 243 g/mol. The topological polar surface area (TPSA) is 83.5 Å². The van der Waals surface area contributed by atoms with Gasteiger partial charge in [0.1, 0.15) is 5.78 Å². The van der Waals surface area contributed by atoms with Crippen molar-refractivity contribution in [3.05, 3.63) is 0 Å². The molecule has 0 aliphatic rings. The molecule has 17 heavy (non-hydrogen) atoms. The summed E-state index contributed by atoms with van der Waals surface area (Å²) in [7, 11) is 0. The molecule has 0 spiro atoms. The summed E-state index contributed by atoms with van der Waals surface area (Å²) in [4.78, 5) is 32.4. The predicted molar refractivity (Wildman–Crippen MR) is 63.6 cm³/mol. The molecule has 0 aliphatic heterocycles. The lowest BCUT2D eigenvalue weighted by Gasteiger charge is -2.07. The first kappa shape index (κ1) is 15.6. The van der Waals surface area contributed by atoms with E-state index in [4.69, 9.17) is 5.11 Å². The fraction of sp³-hybridized carbons (Fsp3) is 0.750. The van der Waals surface area contributed by atoms with Crippen molar-refractivity contribution in [3.63, 3.8) is 0 Å². The lowest BCUT2D eigenvalue weighted by atomic mass is 10.1. The molecule has 0 saturated heterocycles. The van der Waals surface area contributed by atoms with E-state index in [0.29, 0.717) is 13.0 Å². The molecule has 0 heterocycles. The second-order valence-electron chi connectivity index (χ2n) is 4.31. The summed E-state index contributed by atoms with van der Waals surface area (Å²) in [5.74, 6) is -1.65. The normalized spacial score (nSPS) is 11.9. The van der Waals surface area contributed by atoms with E-state index in [1.165, 1.54) is 6.92 Å². The minimum atomic E-state index is -0.957. The average molecular weight is 243 g/mol. The van der Waals surface area contributed by atoms with Gasteiger partial charge in [-0.2, -0.15) is 0 Å². The van der Waals surface area contributed by atoms with Crippen molar-refractivity contribution in [3.8, 4) is 0 Å². The van der Waals surface area contributed by atoms with Crippen LogP contribution in [0.25, 0.3) is 0 Å². The van der Waals surface area contributed by atoms with Gasteiger partial charge in [0.15, 0.2) is 0 Å². The van der Waals surface area contributed by atoms with E-state index in [2.05, 4.69) is 5.32 Å². The maximum atomic E-state index is 11.3. The fourth-order valence-electron chi connectivity index (χ4n) is 1.34. The number of Topliss-reactive ketones (excluding diaryl/α,β-unsaturated/α-hetero) is 1. The molecule has 2 N–H and O–H groups in total. The Hall–Kier alpha value is -1.39. The first-order valence-corrected chi connectivity index (χ1v) is 5.92. The van der Waals surface area contributed by atoms with E-state index in [-0.39, 0.29) is 18.1 Å². The van der Waals surface area contributed by atoms with E-state index in [1.54, 1.807) is 6.92 Å². The number of carbonyl (C=O) groups is 3. The van der Waals surface area contributed by atoms with Crippen LogP contribution < -0.4 is 5.32 Å². The molecule has 0 fully saturated rings. The third kappa shape index (κ3) is 9.53. The highest BCUT2D eigenvalue weighted by Gasteiger charge is 2.14. The number of ketones is 1. The molecule has 0 radical (unpaired) electrons. The third-order valence-corrected chi connectivity index (χ3v) is 2.44. The number of aliphatic carboxylic acids is 1. The smallest absolute Gasteiger partial charge is 0.306 e. The minimum absolute atomic E-state index is 0.0166. The van der Waals surface area contributed by atoms with Crippen LogP contribution in [0.5, 0.6) is 0 Å². The Bertz CT molecular complexity index is 276. The van der Waals surface area contributed by atoms with Crippen molar-refractivity contribution in [2.24, 2.45) is 5.92 Å². The zero-order valence-corrected chi connectivity index (χ0v) is 10.5. The maximum absolute atomic E-state index is 11.3. The number of amides is 1. The first-order chi connectivity index (χ1) is 7.93. The molecule has 5 nitrogen and oxygen atoms in total. The van der Waals surface area contributed by atoms with Crippen molar-refractivity contribution in [2.75, 3.05) is 6.54 Å². The van der Waals surface area contributed by atoms with Gasteiger partial charge in [0, 0.05) is 19.4 Å². The molecule has 1 unspecified atom stereocenters. The zero-order valence-electron chi connectivity index (χ0n) is 10.5. The van der Waals surface area contributed by atoms with Gasteiger partial charge in [-0.25, -0.2) is 0 Å². The summed E-state index contributed by atoms with van der Waals surface area (Å²) in [5.41, 5.74) is 0. The molecule has 0 bridgehead atoms. The number of hydrogen-bond donors (Lipinski definition) is 2. The minimum Gasteiger partial charge on any atom is -0.481 e. The van der Waals surface area contributed by atoms with Crippen molar-refractivity contribution in [1.29, 1.82) is 0 Å². The fourth-order valence-corrected chi connectivity index (χ4v) is 1.34. The number of carbonyl (C=O) groups excluding carboxylic acids is 2. The highest BCUT2D eigenvalue weighted by Crippen LogP contribution is 2.02. The molecule has 0 rings (SSSR count). The van der Waals surface area contributed by atoms with Gasteiger partial charge in [-0.05, 0) is 19.8 Å². The van der Waals surface area contributed by atoms with Crippen molar-refractivity contribution in [2.45, 2.75) is 46.0 Å². The van der Waals surface area contributed by atoms with Gasteiger partial charge >= 0.3 is 5.97 Å². The first-order valence-electron chi connectivity index (χ1n) is 5.92. The van der Waals surface area contributed by atoms with Crippen LogP contribution in [-0.4, -0.2) is 29.3 Å². The van der Waals surface area contributed by atoms with Crippen LogP contribution in [0.3, 0.4) is 0 Å². The van der Waals surface area contributed by atoms with Crippen LogP contribution in [-0.2, 0) is 14.4 Å². The van der Waals surface area contributed by atoms with Gasteiger partial charge in [-0.1, -0.05) is 13.3 Å². The lowest BCUT2D eigenvalue weighted by molar-refractivity contribution is -0.143. The molecule has 5 heteroatoms. The average Bonchev–Trinajstić information content (AvgIpc) is 2.22. The van der Waals surface area contributed by atoms with E-state index in [1.807, 2.05) is 0 Å². The Morgan fingerprint density at radius 3 is 2.35 bits per heavy atom. The molecule has 0 aromatic rings. The molecule has 1 atom stereocenters. The summed E-state index contributed by atoms with van der Waals surface area (Å²) in [6, 6.07) is 0. The van der Waals surface area contributed by atoms with Crippen LogP contribution in [0.2, 0.25) is 0 Å². The molecule has 0 saturated carbocycles. The highest BCUT2D eigenvalue weighted by atomic mass is 16.4. The number of hydrogen-bond acceptors (Lipinski definition) is 3. The summed E-state index contributed by atoms with van der Waals surface area (Å²) in [6.45, 7) is 3.62. The van der Waals surface area contributed by atoms with Crippen LogP contribution >= 0.6 is 0 Å². The summed E-state index contributed by atoms with van der Waals surface area (Å²) in [5, 5.41) is 11.3. The Morgan fingerprint density at radius 2 is 1.82 bits per heavy atom. The van der Waals surface area contributed by atoms with E-state index in [9.17, 15) is 14.4 Å². The largest absolute Gasteiger partial charge is 0.481 e.